The fraction of sp³-hybridized carbons (Fsp3) is 0.500. The minimum absolute atomic E-state index is 0.182. The summed E-state index contributed by atoms with van der Waals surface area (Å²) in [7, 11) is 1.71. The standard InChI is InChI=1S/C12H14N4O3/c1-7-3-8(4-13)15-12(14-7)16(2)10-6-19-5-9(10)11(17)18/h3,9-10H,5-6H2,1-2H3,(H,17,18). The van der Waals surface area contributed by atoms with Crippen LogP contribution in [0.15, 0.2) is 6.07 Å². The van der Waals surface area contributed by atoms with E-state index in [1.54, 1.807) is 24.9 Å². The highest BCUT2D eigenvalue weighted by atomic mass is 16.5. The Morgan fingerprint density at radius 1 is 1.58 bits per heavy atom. The number of nitriles is 1. The van der Waals surface area contributed by atoms with Crippen LogP contribution in [0.2, 0.25) is 0 Å². The van der Waals surface area contributed by atoms with E-state index in [9.17, 15) is 4.79 Å². The van der Waals surface area contributed by atoms with Crippen molar-refractivity contribution in [1.29, 1.82) is 5.26 Å². The SMILES string of the molecule is Cc1cc(C#N)nc(N(C)C2COCC2C(=O)O)n1. The first-order valence-electron chi connectivity index (χ1n) is 5.82. The number of hydrogen-bond donors (Lipinski definition) is 1. The Labute approximate surface area is 110 Å². The molecule has 0 radical (unpaired) electrons. The average Bonchev–Trinajstić information content (AvgIpc) is 2.86. The molecule has 0 bridgehead atoms. The van der Waals surface area contributed by atoms with Gasteiger partial charge in [-0.25, -0.2) is 9.97 Å². The molecule has 100 valence electrons. The van der Waals surface area contributed by atoms with E-state index in [2.05, 4.69) is 9.97 Å². The number of likely N-dealkylation sites (N-methyl/N-ethyl adjacent to an activating group) is 1. The molecule has 0 amide bonds. The smallest absolute Gasteiger partial charge is 0.311 e. The zero-order valence-electron chi connectivity index (χ0n) is 10.7. The lowest BCUT2D eigenvalue weighted by molar-refractivity contribution is -0.141. The molecule has 1 saturated heterocycles. The molecule has 0 aliphatic carbocycles. The fourth-order valence-electron chi connectivity index (χ4n) is 2.08. The summed E-state index contributed by atoms with van der Waals surface area (Å²) < 4.78 is 5.22. The third kappa shape index (κ3) is 2.63. The minimum atomic E-state index is -0.900. The van der Waals surface area contributed by atoms with Crippen LogP contribution in [0, 0.1) is 24.2 Å². The zero-order valence-corrected chi connectivity index (χ0v) is 10.7. The van der Waals surface area contributed by atoms with Gasteiger partial charge in [0.1, 0.15) is 17.7 Å². The van der Waals surface area contributed by atoms with Gasteiger partial charge in [-0.3, -0.25) is 4.79 Å². The number of hydrogen-bond acceptors (Lipinski definition) is 6. The fourth-order valence-corrected chi connectivity index (χ4v) is 2.08. The third-order valence-electron chi connectivity index (χ3n) is 3.14. The van der Waals surface area contributed by atoms with Crippen molar-refractivity contribution in [2.45, 2.75) is 13.0 Å². The molecule has 1 N–H and O–H groups in total. The molecule has 2 unspecified atom stereocenters. The summed E-state index contributed by atoms with van der Waals surface area (Å²) in [5.41, 5.74) is 0.930. The molecule has 0 spiro atoms. The normalized spacial score (nSPS) is 21.9. The number of nitrogens with zero attached hydrogens (tertiary/aromatic N) is 4. The molecule has 1 aliphatic rings. The number of aliphatic carboxylic acids is 1. The van der Waals surface area contributed by atoms with Crippen LogP contribution in [0.4, 0.5) is 5.95 Å². The topological polar surface area (TPSA) is 99.3 Å². The summed E-state index contributed by atoms with van der Waals surface area (Å²) in [6.45, 7) is 2.26. The molecule has 1 fully saturated rings. The number of ether oxygens (including phenoxy) is 1. The highest BCUT2D eigenvalue weighted by Gasteiger charge is 2.37. The van der Waals surface area contributed by atoms with E-state index >= 15 is 0 Å². The van der Waals surface area contributed by atoms with Gasteiger partial charge in [0, 0.05) is 12.7 Å². The van der Waals surface area contributed by atoms with Crippen LogP contribution in [-0.2, 0) is 9.53 Å². The van der Waals surface area contributed by atoms with Crippen molar-refractivity contribution in [1.82, 2.24) is 9.97 Å². The van der Waals surface area contributed by atoms with Crippen LogP contribution in [0.25, 0.3) is 0 Å². The number of carbonyl (C=O) groups is 1. The van der Waals surface area contributed by atoms with Crippen molar-refractivity contribution in [2.75, 3.05) is 25.2 Å². The molecular formula is C12H14N4O3. The first kappa shape index (κ1) is 13.2. The predicted molar refractivity (Wildman–Crippen MR) is 65.6 cm³/mol. The first-order chi connectivity index (χ1) is 9.02. The summed E-state index contributed by atoms with van der Waals surface area (Å²) in [4.78, 5) is 21.1. The minimum Gasteiger partial charge on any atom is -0.481 e. The van der Waals surface area contributed by atoms with Crippen molar-refractivity contribution < 1.29 is 14.6 Å². The predicted octanol–water partition coefficient (Wildman–Crippen LogP) is 0.193. The lowest BCUT2D eigenvalue weighted by Crippen LogP contribution is -2.41. The molecular weight excluding hydrogens is 248 g/mol. The summed E-state index contributed by atoms with van der Waals surface area (Å²) in [6, 6.07) is 3.21. The van der Waals surface area contributed by atoms with E-state index in [0.717, 1.165) is 0 Å². The van der Waals surface area contributed by atoms with E-state index in [4.69, 9.17) is 15.1 Å². The Bertz CT molecular complexity index is 540. The Kier molecular flexibility index (Phi) is 3.62. The van der Waals surface area contributed by atoms with Crippen molar-refractivity contribution in [3.63, 3.8) is 0 Å². The Balaban J connectivity index is 2.29. The number of anilines is 1. The highest BCUT2D eigenvalue weighted by molar-refractivity contribution is 5.72. The van der Waals surface area contributed by atoms with Crippen LogP contribution in [0.1, 0.15) is 11.4 Å². The summed E-state index contributed by atoms with van der Waals surface area (Å²) in [5.74, 6) is -1.17. The Hall–Kier alpha value is -2.20. The monoisotopic (exact) mass is 262 g/mol. The number of carboxylic acid groups (broad SMARTS) is 1. The third-order valence-corrected chi connectivity index (χ3v) is 3.14. The lowest BCUT2D eigenvalue weighted by atomic mass is 10.0. The van der Waals surface area contributed by atoms with Gasteiger partial charge >= 0.3 is 5.97 Å². The van der Waals surface area contributed by atoms with Crippen molar-refractivity contribution in [3.05, 3.63) is 17.5 Å². The van der Waals surface area contributed by atoms with Gasteiger partial charge in [-0.05, 0) is 13.0 Å². The lowest BCUT2D eigenvalue weighted by Gasteiger charge is -2.26. The highest BCUT2D eigenvalue weighted by Crippen LogP contribution is 2.22. The molecule has 2 rings (SSSR count). The zero-order chi connectivity index (χ0) is 14.0. The van der Waals surface area contributed by atoms with Gasteiger partial charge in [-0.1, -0.05) is 0 Å². The molecule has 7 nitrogen and oxygen atoms in total. The second-order valence-corrected chi connectivity index (χ2v) is 4.47. The number of aryl methyl sites for hydroxylation is 1. The van der Waals surface area contributed by atoms with Crippen molar-refractivity contribution in [3.8, 4) is 6.07 Å². The quantitative estimate of drug-likeness (QED) is 0.830. The molecule has 2 heterocycles. The van der Waals surface area contributed by atoms with Gasteiger partial charge in [-0.2, -0.15) is 5.26 Å². The van der Waals surface area contributed by atoms with Crippen LogP contribution in [-0.4, -0.2) is 47.3 Å². The van der Waals surface area contributed by atoms with Gasteiger partial charge < -0.3 is 14.7 Å². The average molecular weight is 262 g/mol. The molecule has 7 heteroatoms. The Morgan fingerprint density at radius 2 is 2.32 bits per heavy atom. The summed E-state index contributed by atoms with van der Waals surface area (Å²) >= 11 is 0. The van der Waals surface area contributed by atoms with E-state index in [-0.39, 0.29) is 18.3 Å². The molecule has 1 aromatic rings. The van der Waals surface area contributed by atoms with Crippen LogP contribution >= 0.6 is 0 Å². The van der Waals surface area contributed by atoms with Crippen LogP contribution in [0.3, 0.4) is 0 Å². The van der Waals surface area contributed by atoms with Gasteiger partial charge in [0.05, 0.1) is 19.3 Å². The molecule has 19 heavy (non-hydrogen) atoms. The molecule has 1 aliphatic heterocycles. The maximum absolute atomic E-state index is 11.1. The second-order valence-electron chi connectivity index (χ2n) is 4.47. The number of carboxylic acids is 1. The van der Waals surface area contributed by atoms with E-state index < -0.39 is 11.9 Å². The number of rotatable bonds is 3. The molecule has 0 aromatic carbocycles. The van der Waals surface area contributed by atoms with Gasteiger partial charge in [-0.15, -0.1) is 0 Å². The maximum atomic E-state index is 11.1. The van der Waals surface area contributed by atoms with Crippen LogP contribution in [0.5, 0.6) is 0 Å². The van der Waals surface area contributed by atoms with Crippen molar-refractivity contribution in [2.24, 2.45) is 5.92 Å². The summed E-state index contributed by atoms with van der Waals surface area (Å²) in [5, 5.41) is 18.0. The van der Waals surface area contributed by atoms with Crippen molar-refractivity contribution >= 4 is 11.9 Å². The Morgan fingerprint density at radius 3 is 2.95 bits per heavy atom. The molecule has 0 saturated carbocycles. The molecule has 1 aromatic heterocycles. The number of aromatic nitrogens is 2. The van der Waals surface area contributed by atoms with E-state index in [0.29, 0.717) is 18.2 Å². The van der Waals surface area contributed by atoms with E-state index in [1.165, 1.54) is 0 Å². The van der Waals surface area contributed by atoms with Gasteiger partial charge in [0.25, 0.3) is 0 Å². The molecule has 2 atom stereocenters. The van der Waals surface area contributed by atoms with Gasteiger partial charge in [0.15, 0.2) is 0 Å². The van der Waals surface area contributed by atoms with E-state index in [1.807, 2.05) is 6.07 Å². The second kappa shape index (κ2) is 5.20. The summed E-state index contributed by atoms with van der Waals surface area (Å²) in [6.07, 6.45) is 0. The van der Waals surface area contributed by atoms with Gasteiger partial charge in [0.2, 0.25) is 5.95 Å². The largest absolute Gasteiger partial charge is 0.481 e. The maximum Gasteiger partial charge on any atom is 0.311 e. The first-order valence-corrected chi connectivity index (χ1v) is 5.82. The van der Waals surface area contributed by atoms with Crippen LogP contribution < -0.4 is 4.90 Å².